The van der Waals surface area contributed by atoms with E-state index in [1.165, 1.54) is 24.3 Å². The van der Waals surface area contributed by atoms with E-state index < -0.39 is 16.5 Å². The maximum absolute atomic E-state index is 13.6. The molecule has 27 heavy (non-hydrogen) atoms. The number of nitrogens with zero attached hydrogens (tertiary/aromatic N) is 2. The number of rotatable bonds is 2. The zero-order valence-corrected chi connectivity index (χ0v) is 16.0. The summed E-state index contributed by atoms with van der Waals surface area (Å²) in [6.07, 6.45) is 0. The van der Waals surface area contributed by atoms with Gasteiger partial charge in [-0.1, -0.05) is 18.5 Å². The molecule has 0 unspecified atom stereocenters. The number of anilines is 1. The van der Waals surface area contributed by atoms with Crippen LogP contribution in [0.5, 0.6) is 5.75 Å². The van der Waals surface area contributed by atoms with Gasteiger partial charge >= 0.3 is 0 Å². The number of hydrogen-bond donors (Lipinski definition) is 1. The highest BCUT2D eigenvalue weighted by Gasteiger charge is 2.54. The third kappa shape index (κ3) is 2.62. The van der Waals surface area contributed by atoms with Crippen LogP contribution in [-0.2, 0) is 0 Å². The van der Waals surface area contributed by atoms with Crippen molar-refractivity contribution in [2.45, 2.75) is 25.6 Å². The van der Waals surface area contributed by atoms with E-state index >= 15 is 0 Å². The van der Waals surface area contributed by atoms with Crippen LogP contribution < -0.4 is 15.0 Å². The van der Waals surface area contributed by atoms with Crippen LogP contribution in [0.15, 0.2) is 36.4 Å². The average molecular weight is 408 g/mol. The fraction of sp³-hybridized carbons (Fsp3) is 0.278. The van der Waals surface area contributed by atoms with Gasteiger partial charge in [-0.15, -0.1) is 0 Å². The molecular weight excluding hydrogens is 393 g/mol. The van der Waals surface area contributed by atoms with Gasteiger partial charge in [-0.2, -0.15) is 0 Å². The monoisotopic (exact) mass is 407 g/mol. The Bertz CT molecular complexity index is 988. The van der Waals surface area contributed by atoms with Crippen LogP contribution >= 0.6 is 23.8 Å². The first-order valence-corrected chi connectivity index (χ1v) is 9.04. The Balaban J connectivity index is 1.83. The highest BCUT2D eigenvalue weighted by molar-refractivity contribution is 7.80. The van der Waals surface area contributed by atoms with Crippen LogP contribution in [0.25, 0.3) is 0 Å². The van der Waals surface area contributed by atoms with E-state index in [1.54, 1.807) is 17.0 Å². The van der Waals surface area contributed by atoms with E-state index in [4.69, 9.17) is 28.6 Å². The number of halogens is 2. The van der Waals surface area contributed by atoms with Gasteiger partial charge in [0.25, 0.3) is 5.69 Å². The molecule has 6 nitrogen and oxygen atoms in total. The Morgan fingerprint density at radius 3 is 2.78 bits per heavy atom. The minimum Gasteiger partial charge on any atom is -0.467 e. The summed E-state index contributed by atoms with van der Waals surface area (Å²) >= 11 is 11.5. The van der Waals surface area contributed by atoms with Crippen molar-refractivity contribution in [2.75, 3.05) is 4.90 Å². The van der Waals surface area contributed by atoms with Gasteiger partial charge < -0.3 is 10.1 Å². The number of nitro groups is 1. The van der Waals surface area contributed by atoms with Gasteiger partial charge in [0, 0.05) is 29.3 Å². The molecule has 2 heterocycles. The summed E-state index contributed by atoms with van der Waals surface area (Å²) in [5.74, 6) is -0.100. The molecule has 0 amide bonds. The zero-order valence-electron chi connectivity index (χ0n) is 14.4. The Labute approximate surface area is 165 Å². The minimum absolute atomic E-state index is 0.00591. The first-order chi connectivity index (χ1) is 12.7. The van der Waals surface area contributed by atoms with Crippen molar-refractivity contribution in [2.24, 2.45) is 5.92 Å². The second kappa shape index (κ2) is 6.03. The summed E-state index contributed by atoms with van der Waals surface area (Å²) in [5.41, 5.74) is 0.399. The molecule has 1 N–H and O–H groups in total. The number of nitro benzene ring substituents is 1. The third-order valence-electron chi connectivity index (χ3n) is 5.29. The lowest BCUT2D eigenvalue weighted by Crippen LogP contribution is -2.69. The van der Waals surface area contributed by atoms with Gasteiger partial charge in [0.1, 0.15) is 11.6 Å². The van der Waals surface area contributed by atoms with Gasteiger partial charge in [0.15, 0.2) is 10.8 Å². The standard InChI is InChI=1S/C18H15ClFN3O3S/c1-9-16-12-7-11(23(24)25)4-6-15(12)26-18(9,2)22(17(27)21-16)10-3-5-14(20)13(19)8-10/h3-9,16H,1-2H3,(H,21,27)/t9-,16+,18+/m1/s1. The number of ether oxygens (including phenoxy) is 1. The van der Waals surface area contributed by atoms with Crippen molar-refractivity contribution in [1.82, 2.24) is 5.32 Å². The highest BCUT2D eigenvalue weighted by Crippen LogP contribution is 2.50. The Kier molecular flexibility index (Phi) is 4.01. The van der Waals surface area contributed by atoms with E-state index in [0.717, 1.165) is 0 Å². The molecule has 3 atom stereocenters. The molecule has 0 aliphatic carbocycles. The van der Waals surface area contributed by atoms with E-state index in [0.29, 0.717) is 22.1 Å². The molecule has 0 radical (unpaired) electrons. The molecule has 2 aliphatic rings. The van der Waals surface area contributed by atoms with E-state index in [9.17, 15) is 14.5 Å². The fourth-order valence-corrected chi connectivity index (χ4v) is 4.32. The topological polar surface area (TPSA) is 67.6 Å². The Morgan fingerprint density at radius 1 is 1.37 bits per heavy atom. The Hall–Kier alpha value is -2.45. The number of nitrogens with one attached hydrogen (secondary N) is 1. The lowest BCUT2D eigenvalue weighted by atomic mass is 9.80. The van der Waals surface area contributed by atoms with Gasteiger partial charge in [-0.25, -0.2) is 4.39 Å². The summed E-state index contributed by atoms with van der Waals surface area (Å²) in [7, 11) is 0. The van der Waals surface area contributed by atoms with Crippen LogP contribution in [0.1, 0.15) is 25.5 Å². The first-order valence-electron chi connectivity index (χ1n) is 8.25. The predicted molar refractivity (Wildman–Crippen MR) is 104 cm³/mol. The second-order valence-corrected chi connectivity index (χ2v) is 7.58. The van der Waals surface area contributed by atoms with Gasteiger partial charge in [-0.05, 0) is 43.4 Å². The van der Waals surface area contributed by atoms with Crippen LogP contribution in [0.2, 0.25) is 5.02 Å². The first kappa shape index (κ1) is 17.9. The van der Waals surface area contributed by atoms with Crippen LogP contribution in [0.4, 0.5) is 15.8 Å². The van der Waals surface area contributed by atoms with Crippen molar-refractivity contribution in [3.8, 4) is 5.75 Å². The number of thiocarbonyl (C=S) groups is 1. The molecule has 0 aromatic heterocycles. The maximum Gasteiger partial charge on any atom is 0.270 e. The smallest absolute Gasteiger partial charge is 0.270 e. The van der Waals surface area contributed by atoms with Crippen molar-refractivity contribution in [1.29, 1.82) is 0 Å². The summed E-state index contributed by atoms with van der Waals surface area (Å²) in [6, 6.07) is 8.62. The number of non-ortho nitro benzene ring substituents is 1. The molecule has 1 saturated heterocycles. The molecular formula is C18H15ClFN3O3S. The predicted octanol–water partition coefficient (Wildman–Crippen LogP) is 4.57. The van der Waals surface area contributed by atoms with Crippen LogP contribution in [0.3, 0.4) is 0 Å². The van der Waals surface area contributed by atoms with Crippen molar-refractivity contribution in [3.05, 3.63) is 62.9 Å². The lowest BCUT2D eigenvalue weighted by molar-refractivity contribution is -0.385. The van der Waals surface area contributed by atoms with Crippen molar-refractivity contribution >= 4 is 40.3 Å². The molecule has 0 saturated carbocycles. The summed E-state index contributed by atoms with van der Waals surface area (Å²) in [5, 5.41) is 14.7. The minimum atomic E-state index is -0.878. The largest absolute Gasteiger partial charge is 0.467 e. The average Bonchev–Trinajstić information content (AvgIpc) is 2.60. The maximum atomic E-state index is 13.6. The van der Waals surface area contributed by atoms with Gasteiger partial charge in [-0.3, -0.25) is 15.0 Å². The highest BCUT2D eigenvalue weighted by atomic mass is 35.5. The molecule has 140 valence electrons. The van der Waals surface area contributed by atoms with E-state index in [2.05, 4.69) is 5.32 Å². The zero-order chi connectivity index (χ0) is 19.5. The third-order valence-corrected chi connectivity index (χ3v) is 5.88. The summed E-state index contributed by atoms with van der Waals surface area (Å²) in [6.45, 7) is 3.86. The molecule has 2 aromatic carbocycles. The molecule has 2 bridgehead atoms. The molecule has 4 rings (SSSR count). The molecule has 2 aliphatic heterocycles. The quantitative estimate of drug-likeness (QED) is 0.447. The van der Waals surface area contributed by atoms with E-state index in [1.807, 2.05) is 13.8 Å². The number of hydrogen-bond acceptors (Lipinski definition) is 4. The van der Waals surface area contributed by atoms with E-state index in [-0.39, 0.29) is 22.7 Å². The van der Waals surface area contributed by atoms with Gasteiger partial charge in [0.2, 0.25) is 0 Å². The Morgan fingerprint density at radius 2 is 2.11 bits per heavy atom. The van der Waals surface area contributed by atoms with Crippen molar-refractivity contribution < 1.29 is 14.1 Å². The van der Waals surface area contributed by atoms with Gasteiger partial charge in [0.05, 0.1) is 16.0 Å². The number of benzene rings is 2. The second-order valence-electron chi connectivity index (χ2n) is 6.79. The fourth-order valence-electron chi connectivity index (χ4n) is 3.73. The van der Waals surface area contributed by atoms with Crippen LogP contribution in [-0.4, -0.2) is 15.8 Å². The SMILES string of the molecule is C[C@@H]1[C@@H]2NC(=S)N(c3ccc(F)c(Cl)c3)[C@@]1(C)Oc1ccc([N+](=O)[O-])cc12. The lowest BCUT2D eigenvalue weighted by Gasteiger charge is -2.56. The normalized spacial score (nSPS) is 26.1. The summed E-state index contributed by atoms with van der Waals surface area (Å²) in [4.78, 5) is 12.5. The number of fused-ring (bicyclic) bond motifs is 4. The summed E-state index contributed by atoms with van der Waals surface area (Å²) < 4.78 is 19.9. The molecule has 9 heteroatoms. The van der Waals surface area contributed by atoms with Crippen molar-refractivity contribution in [3.63, 3.8) is 0 Å². The molecule has 1 fully saturated rings. The molecule has 0 spiro atoms. The molecule has 2 aromatic rings. The van der Waals surface area contributed by atoms with Crippen LogP contribution in [0, 0.1) is 21.8 Å².